The zero-order chi connectivity index (χ0) is 17.8. The van der Waals surface area contributed by atoms with Crippen LogP contribution in [0.25, 0.3) is 0 Å². The number of imidazole rings is 1. The number of aryl methyl sites for hydroxylation is 1. The third-order valence-electron chi connectivity index (χ3n) is 3.44. The van der Waals surface area contributed by atoms with Crippen molar-refractivity contribution in [3.8, 4) is 0 Å². The van der Waals surface area contributed by atoms with E-state index >= 15 is 0 Å². The number of alkyl halides is 3. The predicted molar refractivity (Wildman–Crippen MR) is 76.7 cm³/mol. The summed E-state index contributed by atoms with van der Waals surface area (Å²) >= 11 is 0. The summed E-state index contributed by atoms with van der Waals surface area (Å²) in [6.07, 6.45) is -1.80. The number of carbonyl (C=O) groups is 1. The lowest BCUT2D eigenvalue weighted by Crippen LogP contribution is -2.47. The van der Waals surface area contributed by atoms with Gasteiger partial charge in [0, 0.05) is 32.4 Å². The molecule has 3 N–H and O–H groups in total. The second-order valence-electron chi connectivity index (χ2n) is 5.16. The number of hydrogen-bond donors (Lipinski definition) is 3. The van der Waals surface area contributed by atoms with E-state index in [-0.39, 0.29) is 6.54 Å². The number of amides is 2. The zero-order valence-electron chi connectivity index (χ0n) is 12.8. The van der Waals surface area contributed by atoms with E-state index in [9.17, 15) is 23.1 Å². The molecule has 0 fully saturated rings. The summed E-state index contributed by atoms with van der Waals surface area (Å²) in [5, 5.41) is 14.8. The van der Waals surface area contributed by atoms with Gasteiger partial charge in [-0.05, 0) is 12.1 Å². The lowest BCUT2D eigenvalue weighted by molar-refractivity contribution is -0.272. The van der Waals surface area contributed by atoms with Crippen LogP contribution in [0.2, 0.25) is 0 Å². The molecule has 0 saturated heterocycles. The molecule has 0 radical (unpaired) electrons. The van der Waals surface area contributed by atoms with Crippen LogP contribution in [0.15, 0.2) is 35.2 Å². The highest BCUT2D eigenvalue weighted by atomic mass is 19.4. The molecule has 0 bridgehead atoms. The minimum absolute atomic E-state index is 0.0989. The van der Waals surface area contributed by atoms with Crippen LogP contribution < -0.4 is 10.6 Å². The number of urea groups is 1. The summed E-state index contributed by atoms with van der Waals surface area (Å²) in [5.41, 5.74) is -3.15. The molecule has 24 heavy (non-hydrogen) atoms. The van der Waals surface area contributed by atoms with Crippen molar-refractivity contribution >= 4 is 6.03 Å². The van der Waals surface area contributed by atoms with Gasteiger partial charge in [0.25, 0.3) is 0 Å². The van der Waals surface area contributed by atoms with Crippen LogP contribution >= 0.6 is 0 Å². The highest BCUT2D eigenvalue weighted by Crippen LogP contribution is 2.40. The molecule has 0 saturated carbocycles. The van der Waals surface area contributed by atoms with Crippen LogP contribution in [0.3, 0.4) is 0 Å². The van der Waals surface area contributed by atoms with Crippen LogP contribution in [0, 0.1) is 0 Å². The first-order valence-electron chi connectivity index (χ1n) is 7.05. The number of halogens is 3. The first kappa shape index (κ1) is 17.9. The Morgan fingerprint density at radius 3 is 2.71 bits per heavy atom. The van der Waals surface area contributed by atoms with E-state index in [1.165, 1.54) is 19.5 Å². The Labute approximate surface area is 135 Å². The van der Waals surface area contributed by atoms with Crippen molar-refractivity contribution in [3.05, 3.63) is 42.4 Å². The SMILES string of the molecule is Cn1ccnc1[C@@](O)(CCNC(=O)NCc1ccco1)C(F)(F)F. The van der Waals surface area contributed by atoms with E-state index in [0.717, 1.165) is 10.8 Å². The Morgan fingerprint density at radius 2 is 2.17 bits per heavy atom. The number of rotatable bonds is 6. The van der Waals surface area contributed by atoms with Gasteiger partial charge in [-0.1, -0.05) is 0 Å². The summed E-state index contributed by atoms with van der Waals surface area (Å²) in [7, 11) is 1.35. The van der Waals surface area contributed by atoms with Crippen LogP contribution in [0.1, 0.15) is 18.0 Å². The quantitative estimate of drug-likeness (QED) is 0.742. The lowest BCUT2D eigenvalue weighted by Gasteiger charge is -2.29. The number of furan rings is 1. The van der Waals surface area contributed by atoms with Crippen molar-refractivity contribution < 1.29 is 27.5 Å². The van der Waals surface area contributed by atoms with Crippen molar-refractivity contribution in [2.45, 2.75) is 24.7 Å². The van der Waals surface area contributed by atoms with Gasteiger partial charge in [0.1, 0.15) is 11.6 Å². The number of hydrogen-bond acceptors (Lipinski definition) is 4. The molecule has 2 amide bonds. The molecule has 2 rings (SSSR count). The number of nitrogens with one attached hydrogen (secondary N) is 2. The van der Waals surface area contributed by atoms with Gasteiger partial charge in [0.2, 0.25) is 5.60 Å². The predicted octanol–water partition coefficient (Wildman–Crippen LogP) is 1.65. The summed E-state index contributed by atoms with van der Waals surface area (Å²) in [5.74, 6) is -0.0299. The summed E-state index contributed by atoms with van der Waals surface area (Å²) in [6, 6.07) is 2.62. The van der Waals surface area contributed by atoms with Gasteiger partial charge in [0.05, 0.1) is 12.8 Å². The molecule has 0 unspecified atom stereocenters. The van der Waals surface area contributed by atoms with Crippen molar-refractivity contribution in [2.75, 3.05) is 6.54 Å². The van der Waals surface area contributed by atoms with Gasteiger partial charge in [0.15, 0.2) is 0 Å². The van der Waals surface area contributed by atoms with E-state index in [1.807, 2.05) is 0 Å². The molecule has 7 nitrogen and oxygen atoms in total. The largest absolute Gasteiger partial charge is 0.467 e. The maximum Gasteiger partial charge on any atom is 0.424 e. The standard InChI is InChI=1S/C14H17F3N4O3/c1-21-7-6-18-11(21)13(23,14(15,16)17)4-5-19-12(22)20-9-10-3-2-8-24-10/h2-3,6-8,23H,4-5,9H2,1H3,(H2,19,20,22)/t13-/m0/s1. The molecule has 0 aliphatic rings. The average Bonchev–Trinajstić information content (AvgIpc) is 3.15. The normalized spacial score (nSPS) is 14.2. The van der Waals surface area contributed by atoms with Crippen LogP contribution in [-0.4, -0.2) is 33.4 Å². The first-order valence-corrected chi connectivity index (χ1v) is 7.05. The molecule has 2 aromatic rings. The smallest absolute Gasteiger partial charge is 0.424 e. The topological polar surface area (TPSA) is 92.3 Å². The van der Waals surface area contributed by atoms with Gasteiger partial charge in [-0.3, -0.25) is 0 Å². The van der Waals surface area contributed by atoms with E-state index in [0.29, 0.717) is 5.76 Å². The van der Waals surface area contributed by atoms with Gasteiger partial charge < -0.3 is 24.7 Å². The Kier molecular flexibility index (Phi) is 5.17. The maximum atomic E-state index is 13.3. The van der Waals surface area contributed by atoms with Crippen molar-refractivity contribution in [2.24, 2.45) is 7.05 Å². The number of aliphatic hydroxyl groups is 1. The fourth-order valence-electron chi connectivity index (χ4n) is 2.14. The maximum absolute atomic E-state index is 13.3. The van der Waals surface area contributed by atoms with Gasteiger partial charge in [-0.2, -0.15) is 13.2 Å². The number of aromatic nitrogens is 2. The minimum Gasteiger partial charge on any atom is -0.467 e. The molecule has 0 aliphatic heterocycles. The second kappa shape index (κ2) is 6.95. The monoisotopic (exact) mass is 346 g/mol. The third-order valence-corrected chi connectivity index (χ3v) is 3.44. The Hall–Kier alpha value is -2.49. The second-order valence-corrected chi connectivity index (χ2v) is 5.16. The summed E-state index contributed by atoms with van der Waals surface area (Å²) in [4.78, 5) is 15.2. The van der Waals surface area contributed by atoms with Crippen LogP contribution in [-0.2, 0) is 19.2 Å². The number of carbonyl (C=O) groups excluding carboxylic acids is 1. The Balaban J connectivity index is 1.92. The number of nitrogens with zero attached hydrogens (tertiary/aromatic N) is 2. The van der Waals surface area contributed by atoms with Crippen molar-refractivity contribution in [1.29, 1.82) is 0 Å². The van der Waals surface area contributed by atoms with Crippen molar-refractivity contribution in [3.63, 3.8) is 0 Å². The molecule has 2 aromatic heterocycles. The summed E-state index contributed by atoms with van der Waals surface area (Å²) in [6.45, 7) is -0.297. The molecule has 2 heterocycles. The molecule has 132 valence electrons. The van der Waals surface area contributed by atoms with Crippen LogP contribution in [0.5, 0.6) is 0 Å². The average molecular weight is 346 g/mol. The lowest BCUT2D eigenvalue weighted by atomic mass is 9.97. The zero-order valence-corrected chi connectivity index (χ0v) is 12.8. The fourth-order valence-corrected chi connectivity index (χ4v) is 2.14. The van der Waals surface area contributed by atoms with E-state index in [2.05, 4.69) is 15.6 Å². The molecule has 1 atom stereocenters. The van der Waals surface area contributed by atoms with E-state index < -0.39 is 36.6 Å². The minimum atomic E-state index is -4.93. The third kappa shape index (κ3) is 3.88. The fraction of sp³-hybridized carbons (Fsp3) is 0.429. The van der Waals surface area contributed by atoms with Gasteiger partial charge in [-0.25, -0.2) is 9.78 Å². The molecule has 0 aliphatic carbocycles. The first-order chi connectivity index (χ1) is 11.2. The van der Waals surface area contributed by atoms with Crippen molar-refractivity contribution in [1.82, 2.24) is 20.2 Å². The van der Waals surface area contributed by atoms with Crippen LogP contribution in [0.4, 0.5) is 18.0 Å². The highest BCUT2D eigenvalue weighted by molar-refractivity contribution is 5.73. The molecule has 10 heteroatoms. The molecular weight excluding hydrogens is 329 g/mol. The molecule has 0 aromatic carbocycles. The highest BCUT2D eigenvalue weighted by Gasteiger charge is 2.57. The molecular formula is C14H17F3N4O3. The van der Waals surface area contributed by atoms with Gasteiger partial charge >= 0.3 is 12.2 Å². The Bertz CT molecular complexity index is 669. The Morgan fingerprint density at radius 1 is 1.42 bits per heavy atom. The van der Waals surface area contributed by atoms with E-state index in [1.54, 1.807) is 12.1 Å². The van der Waals surface area contributed by atoms with Gasteiger partial charge in [-0.15, -0.1) is 0 Å². The van der Waals surface area contributed by atoms with E-state index in [4.69, 9.17) is 4.42 Å². The molecule has 0 spiro atoms. The summed E-state index contributed by atoms with van der Waals surface area (Å²) < 4.78 is 45.9.